The van der Waals surface area contributed by atoms with Crippen molar-refractivity contribution < 1.29 is 14.3 Å². The first-order chi connectivity index (χ1) is 13.2. The van der Waals surface area contributed by atoms with E-state index >= 15 is 0 Å². The van der Waals surface area contributed by atoms with E-state index in [1.807, 2.05) is 36.4 Å². The van der Waals surface area contributed by atoms with E-state index < -0.39 is 5.91 Å². The molecule has 3 N–H and O–H groups in total. The molecule has 7 nitrogen and oxygen atoms in total. The van der Waals surface area contributed by atoms with Crippen LogP contribution < -0.4 is 20.5 Å². The highest BCUT2D eigenvalue weighted by Crippen LogP contribution is 2.27. The second-order valence-corrected chi connectivity index (χ2v) is 6.02. The summed E-state index contributed by atoms with van der Waals surface area (Å²) in [7, 11) is 0. The Morgan fingerprint density at radius 2 is 1.89 bits per heavy atom. The summed E-state index contributed by atoms with van der Waals surface area (Å²) in [6.07, 6.45) is 2.24. The smallest absolute Gasteiger partial charge is 0.278 e. The first kappa shape index (κ1) is 16.8. The second-order valence-electron chi connectivity index (χ2n) is 6.02. The molecule has 0 spiro atoms. The minimum Gasteiger partial charge on any atom is -0.493 e. The molecule has 0 aliphatic carbocycles. The maximum Gasteiger partial charge on any atom is 0.278 e. The number of rotatable bonds is 0. The number of nitrogens with zero attached hydrogens (tertiary/aromatic N) is 2. The Kier molecular flexibility index (Phi) is 4.57. The van der Waals surface area contributed by atoms with E-state index in [1.165, 1.54) is 0 Å². The third kappa shape index (κ3) is 3.67. The summed E-state index contributed by atoms with van der Waals surface area (Å²) in [6.45, 7) is 0.971. The van der Waals surface area contributed by atoms with Gasteiger partial charge < -0.3 is 20.5 Å². The Labute approximate surface area is 156 Å². The van der Waals surface area contributed by atoms with Crippen molar-refractivity contribution in [2.24, 2.45) is 0 Å². The van der Waals surface area contributed by atoms with Gasteiger partial charge in [0.15, 0.2) is 11.5 Å². The lowest BCUT2D eigenvalue weighted by Crippen LogP contribution is -2.18. The molecule has 4 rings (SSSR count). The average molecular weight is 362 g/mol. The van der Waals surface area contributed by atoms with Crippen LogP contribution in [-0.4, -0.2) is 29.1 Å². The van der Waals surface area contributed by atoms with Gasteiger partial charge >= 0.3 is 0 Å². The minimum absolute atomic E-state index is 0.0588. The normalized spacial score (nSPS) is 13.9. The lowest BCUT2D eigenvalue weighted by Gasteiger charge is -2.12. The predicted molar refractivity (Wildman–Crippen MR) is 102 cm³/mol. The molecular weight excluding hydrogens is 344 g/mol. The van der Waals surface area contributed by atoms with Gasteiger partial charge in [-0.15, -0.1) is 0 Å². The highest BCUT2D eigenvalue weighted by molar-refractivity contribution is 6.06. The molecule has 136 valence electrons. The van der Waals surface area contributed by atoms with E-state index in [2.05, 4.69) is 15.3 Å². The maximum absolute atomic E-state index is 12.7. The molecule has 2 aromatic carbocycles. The van der Waals surface area contributed by atoms with Crippen LogP contribution in [0.2, 0.25) is 0 Å². The van der Waals surface area contributed by atoms with Crippen LogP contribution in [0.1, 0.15) is 16.9 Å². The van der Waals surface area contributed by atoms with Crippen LogP contribution in [0.5, 0.6) is 11.5 Å². The molecule has 0 unspecified atom stereocenters. The van der Waals surface area contributed by atoms with Gasteiger partial charge in [0, 0.05) is 12.0 Å². The second kappa shape index (κ2) is 7.33. The quantitative estimate of drug-likeness (QED) is 0.637. The highest BCUT2D eigenvalue weighted by Gasteiger charge is 2.17. The zero-order chi connectivity index (χ0) is 18.6. The summed E-state index contributed by atoms with van der Waals surface area (Å²) < 4.78 is 11.6. The highest BCUT2D eigenvalue weighted by atomic mass is 16.5. The van der Waals surface area contributed by atoms with Crippen molar-refractivity contribution in [3.05, 3.63) is 60.4 Å². The van der Waals surface area contributed by atoms with Crippen LogP contribution in [-0.2, 0) is 0 Å². The monoisotopic (exact) mass is 362 g/mol. The van der Waals surface area contributed by atoms with Crippen LogP contribution in [0.4, 0.5) is 11.5 Å². The molecule has 1 aromatic heterocycles. The molecule has 1 aliphatic rings. The molecule has 27 heavy (non-hydrogen) atoms. The van der Waals surface area contributed by atoms with Gasteiger partial charge in [-0.3, -0.25) is 4.79 Å². The Hall–Kier alpha value is -3.61. The fourth-order valence-electron chi connectivity index (χ4n) is 2.76. The van der Waals surface area contributed by atoms with Gasteiger partial charge in [0.2, 0.25) is 0 Å². The number of benzene rings is 2. The van der Waals surface area contributed by atoms with Crippen molar-refractivity contribution in [1.82, 2.24) is 9.97 Å². The number of nitrogens with two attached hydrogens (primary N) is 1. The van der Waals surface area contributed by atoms with Gasteiger partial charge in [-0.2, -0.15) is 0 Å². The molecule has 1 amide bonds. The van der Waals surface area contributed by atoms with Crippen LogP contribution in [0.15, 0.2) is 54.7 Å². The number of para-hydroxylation sites is 2. The summed E-state index contributed by atoms with van der Waals surface area (Å²) in [6, 6.07) is 14.7. The largest absolute Gasteiger partial charge is 0.493 e. The zero-order valence-corrected chi connectivity index (χ0v) is 14.5. The van der Waals surface area contributed by atoms with E-state index in [-0.39, 0.29) is 11.5 Å². The number of nitrogen functional groups attached to an aromatic ring is 1. The minimum atomic E-state index is -0.444. The first-order valence-corrected chi connectivity index (χ1v) is 8.59. The lowest BCUT2D eigenvalue weighted by atomic mass is 10.1. The average Bonchev–Trinajstić information content (AvgIpc) is 2.69. The predicted octanol–water partition coefficient (Wildman–Crippen LogP) is 3.14. The SMILES string of the molecule is Nc1ncc2nc1C(=O)Nc1ccccc1OCCCOc1cccc-2c1. The number of fused-ring (bicyclic) bond motifs is 6. The lowest BCUT2D eigenvalue weighted by molar-refractivity contribution is 0.102. The summed E-state index contributed by atoms with van der Waals surface area (Å²) in [5.74, 6) is 0.905. The van der Waals surface area contributed by atoms with Crippen LogP contribution in [0, 0.1) is 0 Å². The zero-order valence-electron chi connectivity index (χ0n) is 14.5. The summed E-state index contributed by atoms with van der Waals surface area (Å²) in [5, 5.41) is 2.81. The fourth-order valence-corrected chi connectivity index (χ4v) is 2.76. The van der Waals surface area contributed by atoms with Crippen LogP contribution >= 0.6 is 0 Å². The third-order valence-electron chi connectivity index (χ3n) is 4.10. The van der Waals surface area contributed by atoms with Crippen molar-refractivity contribution in [2.75, 3.05) is 24.3 Å². The number of amides is 1. The van der Waals surface area contributed by atoms with Gasteiger partial charge in [-0.1, -0.05) is 24.3 Å². The Morgan fingerprint density at radius 3 is 2.81 bits per heavy atom. The number of hydrogen-bond acceptors (Lipinski definition) is 6. The molecule has 0 radical (unpaired) electrons. The van der Waals surface area contributed by atoms with Crippen molar-refractivity contribution >= 4 is 17.4 Å². The third-order valence-corrected chi connectivity index (χ3v) is 4.10. The number of hydrogen-bond donors (Lipinski definition) is 2. The Bertz CT molecular complexity index is 990. The van der Waals surface area contributed by atoms with Crippen LogP contribution in [0.25, 0.3) is 11.3 Å². The molecule has 3 aromatic rings. The first-order valence-electron chi connectivity index (χ1n) is 8.59. The van der Waals surface area contributed by atoms with E-state index in [4.69, 9.17) is 15.2 Å². The Morgan fingerprint density at radius 1 is 1.04 bits per heavy atom. The fraction of sp³-hybridized carbons (Fsp3) is 0.150. The molecule has 7 heteroatoms. The number of aromatic nitrogens is 2. The molecule has 1 aliphatic heterocycles. The van der Waals surface area contributed by atoms with E-state index in [0.29, 0.717) is 42.5 Å². The summed E-state index contributed by atoms with van der Waals surface area (Å²) in [4.78, 5) is 21.3. The number of carbonyl (C=O) groups is 1. The molecule has 0 saturated carbocycles. The van der Waals surface area contributed by atoms with E-state index in [0.717, 1.165) is 5.56 Å². The van der Waals surface area contributed by atoms with Gasteiger partial charge in [-0.25, -0.2) is 9.97 Å². The van der Waals surface area contributed by atoms with E-state index in [9.17, 15) is 4.79 Å². The molecule has 0 fully saturated rings. The molecule has 4 bridgehead atoms. The van der Waals surface area contributed by atoms with Gasteiger partial charge in [0.25, 0.3) is 5.91 Å². The molecular formula is C20H18N4O3. The van der Waals surface area contributed by atoms with Gasteiger partial charge in [-0.05, 0) is 24.3 Å². The van der Waals surface area contributed by atoms with Crippen molar-refractivity contribution in [2.45, 2.75) is 6.42 Å². The van der Waals surface area contributed by atoms with E-state index in [1.54, 1.807) is 18.3 Å². The van der Waals surface area contributed by atoms with Gasteiger partial charge in [0.1, 0.15) is 11.5 Å². The topological polar surface area (TPSA) is 99.4 Å². The standard InChI is InChI=1S/C20H18N4O3/c21-19-18-20(25)24-15-7-1-2-8-17(15)27-10-4-9-26-14-6-3-5-13(11-14)16(23-18)12-22-19/h1-3,5-8,11-12H,4,9-10H2,(H2,21,22)(H,24,25). The van der Waals surface area contributed by atoms with Crippen molar-refractivity contribution in [3.63, 3.8) is 0 Å². The molecule has 0 saturated heterocycles. The van der Waals surface area contributed by atoms with Crippen molar-refractivity contribution in [1.29, 1.82) is 0 Å². The summed E-state index contributed by atoms with van der Waals surface area (Å²) >= 11 is 0. The number of ether oxygens (including phenoxy) is 2. The van der Waals surface area contributed by atoms with Crippen LogP contribution in [0.3, 0.4) is 0 Å². The summed E-state index contributed by atoms with van der Waals surface area (Å²) in [5.41, 5.74) is 7.83. The Balaban J connectivity index is 1.77. The maximum atomic E-state index is 12.7. The molecule has 0 atom stereocenters. The number of nitrogens with one attached hydrogen (secondary N) is 1. The number of carbonyl (C=O) groups excluding carboxylic acids is 1. The van der Waals surface area contributed by atoms with Gasteiger partial charge in [0.05, 0.1) is 30.8 Å². The number of anilines is 2. The van der Waals surface area contributed by atoms with Crippen molar-refractivity contribution in [3.8, 4) is 22.8 Å². The molecule has 2 heterocycles.